The molecule has 90 valence electrons. The minimum atomic E-state index is -0.330. The van der Waals surface area contributed by atoms with Gasteiger partial charge >= 0.3 is 0 Å². The van der Waals surface area contributed by atoms with Crippen LogP contribution >= 0.6 is 0 Å². The highest BCUT2D eigenvalue weighted by atomic mass is 16.3. The molecule has 0 bridgehead atoms. The molecule has 2 aromatic rings. The van der Waals surface area contributed by atoms with E-state index >= 15 is 0 Å². The number of aryl methyl sites for hydroxylation is 1. The van der Waals surface area contributed by atoms with Crippen molar-refractivity contribution in [3.05, 3.63) is 29.7 Å². The number of benzene rings is 1. The van der Waals surface area contributed by atoms with E-state index in [1.807, 2.05) is 37.1 Å². The predicted octanol–water partition coefficient (Wildman–Crippen LogP) is 1.05. The Morgan fingerprint density at radius 3 is 3.00 bits per heavy atom. The number of carbonyl (C=O) groups is 1. The molecular formula is C12H15N3O2. The summed E-state index contributed by atoms with van der Waals surface area (Å²) in [5, 5.41) is 0. The number of hydrogen-bond donors (Lipinski definition) is 1. The molecule has 0 unspecified atom stereocenters. The number of nitrogens with two attached hydrogens (primary N) is 1. The zero-order chi connectivity index (χ0) is 12.4. The van der Waals surface area contributed by atoms with Gasteiger partial charge in [0.05, 0.1) is 6.54 Å². The van der Waals surface area contributed by atoms with Crippen molar-refractivity contribution in [3.63, 3.8) is 0 Å². The third-order valence-electron chi connectivity index (χ3n) is 2.44. The standard InChI is InChI=1S/C12H15N3O2/c1-8-14-10-4-3-9(5-11(10)17-8)6-15(2)7-12(13)16/h3-5H,6-7H2,1-2H3,(H2,13,16). The first-order valence-corrected chi connectivity index (χ1v) is 5.37. The second-order valence-corrected chi connectivity index (χ2v) is 4.17. The van der Waals surface area contributed by atoms with Gasteiger partial charge in [0.15, 0.2) is 11.5 Å². The number of carbonyl (C=O) groups excluding carboxylic acids is 1. The molecule has 2 rings (SSSR count). The Morgan fingerprint density at radius 2 is 2.29 bits per heavy atom. The molecule has 0 saturated carbocycles. The van der Waals surface area contributed by atoms with Gasteiger partial charge in [0.2, 0.25) is 5.91 Å². The van der Waals surface area contributed by atoms with Crippen LogP contribution in [0.5, 0.6) is 0 Å². The molecule has 5 nitrogen and oxygen atoms in total. The molecule has 0 fully saturated rings. The first-order valence-electron chi connectivity index (χ1n) is 5.37. The second-order valence-electron chi connectivity index (χ2n) is 4.17. The highest BCUT2D eigenvalue weighted by Crippen LogP contribution is 2.17. The third-order valence-corrected chi connectivity index (χ3v) is 2.44. The van der Waals surface area contributed by atoms with Crippen LogP contribution in [0.15, 0.2) is 22.6 Å². The zero-order valence-corrected chi connectivity index (χ0v) is 9.93. The fourth-order valence-electron chi connectivity index (χ4n) is 1.82. The molecule has 0 aliphatic heterocycles. The number of hydrogen-bond acceptors (Lipinski definition) is 4. The van der Waals surface area contributed by atoms with E-state index in [-0.39, 0.29) is 12.5 Å². The molecule has 1 amide bonds. The third kappa shape index (κ3) is 2.82. The molecule has 1 aromatic heterocycles. The first-order chi connectivity index (χ1) is 8.04. The highest BCUT2D eigenvalue weighted by Gasteiger charge is 2.06. The fourth-order valence-corrected chi connectivity index (χ4v) is 1.82. The second kappa shape index (κ2) is 4.55. The van der Waals surface area contributed by atoms with Gasteiger partial charge in [-0.3, -0.25) is 9.69 Å². The van der Waals surface area contributed by atoms with Crippen molar-refractivity contribution >= 4 is 17.0 Å². The van der Waals surface area contributed by atoms with Crippen LogP contribution in [0.25, 0.3) is 11.1 Å². The minimum absolute atomic E-state index is 0.244. The molecule has 0 saturated heterocycles. The van der Waals surface area contributed by atoms with Crippen LogP contribution in [0.4, 0.5) is 0 Å². The topological polar surface area (TPSA) is 72.4 Å². The van der Waals surface area contributed by atoms with Gasteiger partial charge < -0.3 is 10.2 Å². The zero-order valence-electron chi connectivity index (χ0n) is 9.93. The van der Waals surface area contributed by atoms with E-state index in [2.05, 4.69) is 4.98 Å². The summed E-state index contributed by atoms with van der Waals surface area (Å²) in [5.41, 5.74) is 7.82. The molecular weight excluding hydrogens is 218 g/mol. The Balaban J connectivity index is 2.16. The average molecular weight is 233 g/mol. The van der Waals surface area contributed by atoms with E-state index in [1.165, 1.54) is 0 Å². The minimum Gasteiger partial charge on any atom is -0.441 e. The molecule has 0 aliphatic rings. The van der Waals surface area contributed by atoms with Crippen LogP contribution in [-0.4, -0.2) is 29.4 Å². The van der Waals surface area contributed by atoms with E-state index in [4.69, 9.17) is 10.2 Å². The predicted molar refractivity (Wildman–Crippen MR) is 64.3 cm³/mol. The van der Waals surface area contributed by atoms with Crippen molar-refractivity contribution in [1.82, 2.24) is 9.88 Å². The average Bonchev–Trinajstić information content (AvgIpc) is 2.55. The molecule has 0 spiro atoms. The van der Waals surface area contributed by atoms with E-state index in [9.17, 15) is 4.79 Å². The van der Waals surface area contributed by atoms with Crippen LogP contribution in [0, 0.1) is 6.92 Å². The Hall–Kier alpha value is -1.88. The largest absolute Gasteiger partial charge is 0.441 e. The SMILES string of the molecule is Cc1nc2ccc(CN(C)CC(N)=O)cc2o1. The lowest BCUT2D eigenvalue weighted by Gasteiger charge is -2.13. The summed E-state index contributed by atoms with van der Waals surface area (Å²) >= 11 is 0. The van der Waals surface area contributed by atoms with Gasteiger partial charge in [-0.25, -0.2) is 4.98 Å². The summed E-state index contributed by atoms with van der Waals surface area (Å²) in [4.78, 5) is 16.8. The number of aromatic nitrogens is 1. The first kappa shape index (κ1) is 11.6. The lowest BCUT2D eigenvalue weighted by atomic mass is 10.2. The maximum Gasteiger partial charge on any atom is 0.231 e. The normalized spacial score (nSPS) is 11.2. The molecule has 17 heavy (non-hydrogen) atoms. The van der Waals surface area contributed by atoms with Crippen LogP contribution in [0.2, 0.25) is 0 Å². The van der Waals surface area contributed by atoms with Crippen molar-refractivity contribution in [3.8, 4) is 0 Å². The summed E-state index contributed by atoms with van der Waals surface area (Å²) in [6, 6.07) is 5.83. The number of nitrogens with zero attached hydrogens (tertiary/aromatic N) is 2. The molecule has 0 radical (unpaired) electrons. The highest BCUT2D eigenvalue weighted by molar-refractivity contribution is 5.76. The number of oxazole rings is 1. The van der Waals surface area contributed by atoms with Gasteiger partial charge in [0.25, 0.3) is 0 Å². The lowest BCUT2D eigenvalue weighted by Crippen LogP contribution is -2.30. The number of amides is 1. The van der Waals surface area contributed by atoms with Crippen LogP contribution in [-0.2, 0) is 11.3 Å². The summed E-state index contributed by atoms with van der Waals surface area (Å²) in [5.74, 6) is 0.326. The Bertz CT molecular complexity index is 548. The van der Waals surface area contributed by atoms with Crippen molar-refractivity contribution in [2.75, 3.05) is 13.6 Å². The summed E-state index contributed by atoms with van der Waals surface area (Å²) in [6.07, 6.45) is 0. The summed E-state index contributed by atoms with van der Waals surface area (Å²) < 4.78 is 5.45. The molecule has 0 atom stereocenters. The maximum atomic E-state index is 10.8. The molecule has 1 heterocycles. The van der Waals surface area contributed by atoms with Gasteiger partial charge in [-0.15, -0.1) is 0 Å². The van der Waals surface area contributed by atoms with Gasteiger partial charge in [0, 0.05) is 13.5 Å². The number of fused-ring (bicyclic) bond motifs is 1. The van der Waals surface area contributed by atoms with Crippen LogP contribution in [0.3, 0.4) is 0 Å². The molecule has 0 aliphatic carbocycles. The quantitative estimate of drug-likeness (QED) is 0.856. The van der Waals surface area contributed by atoms with Gasteiger partial charge in [0.1, 0.15) is 5.52 Å². The van der Waals surface area contributed by atoms with Crippen LogP contribution < -0.4 is 5.73 Å². The monoisotopic (exact) mass is 233 g/mol. The maximum absolute atomic E-state index is 10.8. The van der Waals surface area contributed by atoms with Crippen LogP contribution in [0.1, 0.15) is 11.5 Å². The van der Waals surface area contributed by atoms with E-state index in [0.717, 1.165) is 16.7 Å². The van der Waals surface area contributed by atoms with Gasteiger partial charge in [-0.1, -0.05) is 6.07 Å². The lowest BCUT2D eigenvalue weighted by molar-refractivity contribution is -0.118. The van der Waals surface area contributed by atoms with Crippen molar-refractivity contribution in [2.24, 2.45) is 5.73 Å². The van der Waals surface area contributed by atoms with Crippen molar-refractivity contribution in [2.45, 2.75) is 13.5 Å². The van der Waals surface area contributed by atoms with E-state index in [1.54, 1.807) is 0 Å². The fraction of sp³-hybridized carbons (Fsp3) is 0.333. The Kier molecular flexibility index (Phi) is 3.10. The van der Waals surface area contributed by atoms with Crippen molar-refractivity contribution < 1.29 is 9.21 Å². The van der Waals surface area contributed by atoms with E-state index < -0.39 is 0 Å². The molecule has 2 N–H and O–H groups in total. The summed E-state index contributed by atoms with van der Waals surface area (Å²) in [7, 11) is 1.85. The molecule has 1 aromatic carbocycles. The number of rotatable bonds is 4. The van der Waals surface area contributed by atoms with Gasteiger partial charge in [-0.2, -0.15) is 0 Å². The Morgan fingerprint density at radius 1 is 1.53 bits per heavy atom. The summed E-state index contributed by atoms with van der Waals surface area (Å²) in [6.45, 7) is 2.71. The molecule has 5 heteroatoms. The number of likely N-dealkylation sites (N-methyl/N-ethyl adjacent to an activating group) is 1. The van der Waals surface area contributed by atoms with Gasteiger partial charge in [-0.05, 0) is 24.7 Å². The smallest absolute Gasteiger partial charge is 0.231 e. The van der Waals surface area contributed by atoms with E-state index in [0.29, 0.717) is 12.4 Å². The Labute approximate surface area is 99.2 Å². The van der Waals surface area contributed by atoms with Crippen molar-refractivity contribution in [1.29, 1.82) is 0 Å². The number of primary amides is 1.